The van der Waals surface area contributed by atoms with E-state index < -0.39 is 0 Å². The third kappa shape index (κ3) is 3.31. The number of benzene rings is 2. The molecule has 2 aromatic carbocycles. The Morgan fingerprint density at radius 2 is 2.00 bits per heavy atom. The number of fused-ring (bicyclic) bond motifs is 1. The predicted octanol–water partition coefficient (Wildman–Crippen LogP) is 5.98. The summed E-state index contributed by atoms with van der Waals surface area (Å²) in [5.74, 6) is 0.615. The molecule has 0 bridgehead atoms. The number of rotatable bonds is 4. The van der Waals surface area contributed by atoms with Crippen LogP contribution in [0.25, 0.3) is 22.6 Å². The fourth-order valence-corrected chi connectivity index (χ4v) is 3.49. The second-order valence-corrected chi connectivity index (χ2v) is 7.75. The van der Waals surface area contributed by atoms with Crippen LogP contribution >= 0.6 is 38.9 Å². The van der Waals surface area contributed by atoms with Crippen LogP contribution in [0, 0.1) is 0 Å². The highest BCUT2D eigenvalue weighted by Gasteiger charge is 2.09. The van der Waals surface area contributed by atoms with E-state index in [4.69, 9.17) is 16.0 Å². The molecule has 0 radical (unpaired) electrons. The highest BCUT2D eigenvalue weighted by molar-refractivity contribution is 9.10. The molecule has 4 aromatic rings. The Kier molecular flexibility index (Phi) is 4.26. The summed E-state index contributed by atoms with van der Waals surface area (Å²) in [7, 11) is 0. The third-order valence-electron chi connectivity index (χ3n) is 3.47. The van der Waals surface area contributed by atoms with Crippen molar-refractivity contribution in [1.29, 1.82) is 0 Å². The van der Waals surface area contributed by atoms with Gasteiger partial charge >= 0.3 is 0 Å². The lowest BCUT2D eigenvalue weighted by Gasteiger charge is -2.03. The quantitative estimate of drug-likeness (QED) is 0.441. The topological polar surface area (TPSA) is 51.0 Å². The van der Waals surface area contributed by atoms with E-state index in [0.717, 1.165) is 31.7 Å². The van der Waals surface area contributed by atoms with Gasteiger partial charge in [-0.05, 0) is 42.5 Å². The number of nitrogens with zero attached hydrogens (tertiary/aromatic N) is 2. The summed E-state index contributed by atoms with van der Waals surface area (Å²) < 4.78 is 7.41. The Bertz CT molecular complexity index is 997. The van der Waals surface area contributed by atoms with Gasteiger partial charge in [0.2, 0.25) is 5.89 Å². The maximum atomic E-state index is 5.85. The first-order chi connectivity index (χ1) is 11.7. The van der Waals surface area contributed by atoms with Crippen LogP contribution in [0.4, 0.5) is 5.69 Å². The summed E-state index contributed by atoms with van der Waals surface area (Å²) in [6.07, 6.45) is 1.78. The van der Waals surface area contributed by atoms with Crippen LogP contribution in [-0.2, 0) is 6.54 Å². The molecule has 120 valence electrons. The molecular formula is C17H11BrClN3OS. The lowest BCUT2D eigenvalue weighted by molar-refractivity contribution is 0.620. The van der Waals surface area contributed by atoms with Gasteiger partial charge in [0, 0.05) is 26.8 Å². The van der Waals surface area contributed by atoms with Crippen molar-refractivity contribution in [2.45, 2.75) is 6.54 Å². The molecule has 0 aliphatic rings. The van der Waals surface area contributed by atoms with Gasteiger partial charge in [-0.2, -0.15) is 0 Å². The van der Waals surface area contributed by atoms with Crippen LogP contribution < -0.4 is 5.32 Å². The molecule has 0 atom stereocenters. The van der Waals surface area contributed by atoms with Gasteiger partial charge in [-0.15, -0.1) is 11.3 Å². The fourth-order valence-electron chi connectivity index (χ4n) is 2.31. The molecule has 0 amide bonds. The minimum atomic E-state index is 0.554. The van der Waals surface area contributed by atoms with Crippen LogP contribution in [0.2, 0.25) is 4.47 Å². The molecular weight excluding hydrogens is 410 g/mol. The number of halogens is 2. The zero-order chi connectivity index (χ0) is 16.5. The van der Waals surface area contributed by atoms with Crippen molar-refractivity contribution in [2.24, 2.45) is 0 Å². The number of aromatic nitrogens is 2. The number of oxazole rings is 1. The first-order valence-corrected chi connectivity index (χ1v) is 9.17. The number of thiazole rings is 1. The van der Waals surface area contributed by atoms with Gasteiger partial charge in [-0.1, -0.05) is 27.5 Å². The Morgan fingerprint density at radius 3 is 2.75 bits per heavy atom. The predicted molar refractivity (Wildman–Crippen MR) is 102 cm³/mol. The number of hydrogen-bond donors (Lipinski definition) is 1. The molecule has 2 heterocycles. The first kappa shape index (κ1) is 15.6. The zero-order valence-corrected chi connectivity index (χ0v) is 15.5. The largest absolute Gasteiger partial charge is 0.436 e. The minimum absolute atomic E-state index is 0.554. The maximum absolute atomic E-state index is 5.85. The van der Waals surface area contributed by atoms with Crippen LogP contribution in [0.1, 0.15) is 4.88 Å². The van der Waals surface area contributed by atoms with Crippen molar-refractivity contribution < 1.29 is 4.42 Å². The Balaban J connectivity index is 1.57. The fraction of sp³-hybridized carbons (Fsp3) is 0.0588. The molecule has 0 unspecified atom stereocenters. The van der Waals surface area contributed by atoms with Crippen molar-refractivity contribution in [1.82, 2.24) is 9.97 Å². The summed E-state index contributed by atoms with van der Waals surface area (Å²) in [6, 6.07) is 13.8. The average Bonchev–Trinajstić information content (AvgIpc) is 3.19. The van der Waals surface area contributed by atoms with Crippen LogP contribution in [0.3, 0.4) is 0 Å². The average molecular weight is 421 g/mol. The summed E-state index contributed by atoms with van der Waals surface area (Å²) in [6.45, 7) is 0.674. The van der Waals surface area contributed by atoms with Gasteiger partial charge in [0.25, 0.3) is 0 Å². The van der Waals surface area contributed by atoms with E-state index in [1.807, 2.05) is 42.5 Å². The van der Waals surface area contributed by atoms with Gasteiger partial charge < -0.3 is 9.73 Å². The maximum Gasteiger partial charge on any atom is 0.227 e. The standard InChI is InChI=1S/C17H11BrClN3OS/c18-11-3-1-10(2-4-11)16-22-14-7-12(5-6-15(14)23-16)20-8-13-9-21-17(19)24-13/h1-7,9,20H,8H2. The first-order valence-electron chi connectivity index (χ1n) is 7.18. The zero-order valence-electron chi connectivity index (χ0n) is 12.3. The lowest BCUT2D eigenvalue weighted by atomic mass is 10.2. The van der Waals surface area contributed by atoms with E-state index in [-0.39, 0.29) is 0 Å². The van der Waals surface area contributed by atoms with Crippen LogP contribution in [0.5, 0.6) is 0 Å². The monoisotopic (exact) mass is 419 g/mol. The van der Waals surface area contributed by atoms with E-state index in [9.17, 15) is 0 Å². The molecule has 4 rings (SSSR count). The Morgan fingerprint density at radius 1 is 1.17 bits per heavy atom. The molecule has 7 heteroatoms. The van der Waals surface area contributed by atoms with Crippen molar-refractivity contribution in [3.05, 3.63) is 62.5 Å². The van der Waals surface area contributed by atoms with Gasteiger partial charge in [0.1, 0.15) is 5.52 Å². The summed E-state index contributed by atoms with van der Waals surface area (Å²) in [5, 5.41) is 3.35. The molecule has 24 heavy (non-hydrogen) atoms. The highest BCUT2D eigenvalue weighted by atomic mass is 79.9. The van der Waals surface area contributed by atoms with E-state index >= 15 is 0 Å². The summed E-state index contributed by atoms with van der Waals surface area (Å²) >= 11 is 10.7. The Hall–Kier alpha value is -1.89. The minimum Gasteiger partial charge on any atom is -0.436 e. The number of anilines is 1. The second-order valence-electron chi connectivity index (χ2n) is 5.14. The third-order valence-corrected chi connectivity index (χ3v) is 5.11. The molecule has 0 spiro atoms. The molecule has 4 nitrogen and oxygen atoms in total. The second kappa shape index (κ2) is 6.55. The smallest absolute Gasteiger partial charge is 0.227 e. The number of hydrogen-bond acceptors (Lipinski definition) is 5. The Labute approximate surface area is 155 Å². The van der Waals surface area contributed by atoms with Gasteiger partial charge in [-0.3, -0.25) is 0 Å². The number of nitrogens with one attached hydrogen (secondary N) is 1. The van der Waals surface area contributed by atoms with Gasteiger partial charge in [0.15, 0.2) is 10.0 Å². The van der Waals surface area contributed by atoms with E-state index in [1.165, 1.54) is 11.3 Å². The molecule has 0 saturated heterocycles. The van der Waals surface area contributed by atoms with Crippen LogP contribution in [-0.4, -0.2) is 9.97 Å². The summed E-state index contributed by atoms with van der Waals surface area (Å²) in [4.78, 5) is 9.69. The van der Waals surface area contributed by atoms with Gasteiger partial charge in [-0.25, -0.2) is 9.97 Å². The van der Waals surface area contributed by atoms with E-state index in [1.54, 1.807) is 6.20 Å². The molecule has 2 aromatic heterocycles. The highest BCUT2D eigenvalue weighted by Crippen LogP contribution is 2.27. The van der Waals surface area contributed by atoms with Crippen molar-refractivity contribution >= 4 is 55.7 Å². The van der Waals surface area contributed by atoms with Crippen molar-refractivity contribution in [3.8, 4) is 11.5 Å². The molecule has 0 aliphatic carbocycles. The van der Waals surface area contributed by atoms with E-state index in [2.05, 4.69) is 31.2 Å². The molecule has 0 aliphatic heterocycles. The normalized spacial score (nSPS) is 11.1. The van der Waals surface area contributed by atoms with Crippen molar-refractivity contribution in [3.63, 3.8) is 0 Å². The van der Waals surface area contributed by atoms with Crippen LogP contribution in [0.15, 0.2) is 57.6 Å². The lowest BCUT2D eigenvalue weighted by Crippen LogP contribution is -1.96. The SMILES string of the molecule is Clc1ncc(CNc2ccc3oc(-c4ccc(Br)cc4)nc3c2)s1. The molecule has 1 N–H and O–H groups in total. The molecule has 0 fully saturated rings. The van der Waals surface area contributed by atoms with Crippen molar-refractivity contribution in [2.75, 3.05) is 5.32 Å². The van der Waals surface area contributed by atoms with Gasteiger partial charge in [0.05, 0.1) is 6.54 Å². The molecule has 0 saturated carbocycles. The van der Waals surface area contributed by atoms with E-state index in [0.29, 0.717) is 16.9 Å². The summed E-state index contributed by atoms with van der Waals surface area (Å²) in [5.41, 5.74) is 3.51.